The second-order valence-corrected chi connectivity index (χ2v) is 8.45. The summed E-state index contributed by atoms with van der Waals surface area (Å²) in [6.07, 6.45) is -0.0921. The molecule has 2 aromatic carbocycles. The summed E-state index contributed by atoms with van der Waals surface area (Å²) in [5.74, 6) is 0.905. The van der Waals surface area contributed by atoms with Crippen molar-refractivity contribution in [3.8, 4) is 11.5 Å². The van der Waals surface area contributed by atoms with Gasteiger partial charge in [-0.2, -0.15) is 0 Å². The van der Waals surface area contributed by atoms with E-state index in [1.807, 2.05) is 6.92 Å². The molecule has 1 aliphatic heterocycles. The minimum Gasteiger partial charge on any atom is -0.497 e. The predicted octanol–water partition coefficient (Wildman–Crippen LogP) is 3.04. The van der Waals surface area contributed by atoms with Gasteiger partial charge >= 0.3 is 0 Å². The van der Waals surface area contributed by atoms with Gasteiger partial charge in [0, 0.05) is 50.6 Å². The van der Waals surface area contributed by atoms with E-state index in [-0.39, 0.29) is 29.9 Å². The zero-order valence-corrected chi connectivity index (χ0v) is 19.9. The molecule has 0 radical (unpaired) electrons. The van der Waals surface area contributed by atoms with Crippen LogP contribution in [0.15, 0.2) is 42.5 Å². The molecule has 0 fully saturated rings. The zero-order valence-electron chi connectivity index (χ0n) is 19.9. The van der Waals surface area contributed by atoms with Crippen molar-refractivity contribution in [2.24, 2.45) is 5.92 Å². The van der Waals surface area contributed by atoms with Gasteiger partial charge in [0.1, 0.15) is 18.1 Å². The van der Waals surface area contributed by atoms with Gasteiger partial charge in [0.25, 0.3) is 11.8 Å². The Labute approximate surface area is 195 Å². The number of rotatable bonds is 4. The van der Waals surface area contributed by atoms with E-state index in [0.717, 1.165) is 6.54 Å². The van der Waals surface area contributed by atoms with Crippen LogP contribution in [0.1, 0.15) is 34.6 Å². The van der Waals surface area contributed by atoms with Crippen LogP contribution in [-0.4, -0.2) is 69.8 Å². The van der Waals surface area contributed by atoms with Gasteiger partial charge in [-0.3, -0.25) is 9.59 Å². The molecule has 0 aliphatic carbocycles. The van der Waals surface area contributed by atoms with Crippen molar-refractivity contribution in [2.75, 3.05) is 46.3 Å². The summed E-state index contributed by atoms with van der Waals surface area (Å²) in [5, 5.41) is 6.33. The zero-order chi connectivity index (χ0) is 24.0. The lowest BCUT2D eigenvalue weighted by atomic mass is 10.0. The molecule has 0 bridgehead atoms. The van der Waals surface area contributed by atoms with Crippen LogP contribution in [0.3, 0.4) is 0 Å². The van der Waals surface area contributed by atoms with Crippen LogP contribution in [0, 0.1) is 5.92 Å². The van der Waals surface area contributed by atoms with Crippen molar-refractivity contribution < 1.29 is 23.8 Å². The monoisotopic (exact) mass is 455 g/mol. The Bertz CT molecular complexity index is 963. The van der Waals surface area contributed by atoms with Gasteiger partial charge in [0.15, 0.2) is 0 Å². The Balaban J connectivity index is 1.84. The number of hydrogen-bond acceptors (Lipinski definition) is 6. The first-order valence-corrected chi connectivity index (χ1v) is 11.1. The quantitative estimate of drug-likeness (QED) is 0.737. The molecular formula is C25H33N3O5. The van der Waals surface area contributed by atoms with Crippen LogP contribution in [0.4, 0.5) is 5.69 Å². The van der Waals surface area contributed by atoms with E-state index < -0.39 is 0 Å². The highest BCUT2D eigenvalue weighted by Gasteiger charge is 2.25. The molecule has 0 saturated carbocycles. The summed E-state index contributed by atoms with van der Waals surface area (Å²) in [6.45, 7) is 5.72. The molecule has 2 amide bonds. The maximum Gasteiger partial charge on any atom is 0.257 e. The molecular weight excluding hydrogens is 422 g/mol. The second kappa shape index (κ2) is 11.2. The molecule has 0 saturated heterocycles. The van der Waals surface area contributed by atoms with Gasteiger partial charge in [-0.1, -0.05) is 6.92 Å². The standard InChI is InChI=1S/C25H33N3O5/c1-16-13-26-17(2)15-33-22-12-19(27-24(29)18-6-9-20(31-4)10-7-18)8-11-21(22)25(30)28(3)14-23(16)32-5/h6-12,16-17,23,26H,13-15H2,1-5H3,(H,27,29)/t16-,17-,23-/m1/s1. The number of benzene rings is 2. The SMILES string of the molecule is COc1ccc(C(=O)Nc2ccc3c(c2)OC[C@@H](C)NC[C@@H](C)[C@H](OC)CN(C)C3=O)cc1. The van der Waals surface area contributed by atoms with Crippen LogP contribution in [-0.2, 0) is 4.74 Å². The molecule has 3 rings (SSSR count). The fraction of sp³-hybridized carbons (Fsp3) is 0.440. The van der Waals surface area contributed by atoms with Crippen molar-refractivity contribution >= 4 is 17.5 Å². The van der Waals surface area contributed by atoms with Crippen molar-refractivity contribution in [1.82, 2.24) is 10.2 Å². The summed E-state index contributed by atoms with van der Waals surface area (Å²) in [4.78, 5) is 27.5. The number of nitrogens with zero attached hydrogens (tertiary/aromatic N) is 1. The number of amides is 2. The third-order valence-electron chi connectivity index (χ3n) is 5.84. The van der Waals surface area contributed by atoms with E-state index in [2.05, 4.69) is 17.6 Å². The summed E-state index contributed by atoms with van der Waals surface area (Å²) in [6, 6.07) is 12.0. The maximum absolute atomic E-state index is 13.2. The summed E-state index contributed by atoms with van der Waals surface area (Å²) in [7, 11) is 5.00. The normalized spacial score (nSPS) is 21.8. The molecule has 3 atom stereocenters. The molecule has 33 heavy (non-hydrogen) atoms. The first-order valence-electron chi connectivity index (χ1n) is 11.1. The average Bonchev–Trinajstić information content (AvgIpc) is 2.83. The van der Waals surface area contributed by atoms with Crippen LogP contribution < -0.4 is 20.1 Å². The second-order valence-electron chi connectivity index (χ2n) is 8.45. The van der Waals surface area contributed by atoms with Gasteiger partial charge in [0.2, 0.25) is 0 Å². The fourth-order valence-electron chi connectivity index (χ4n) is 3.68. The lowest BCUT2D eigenvalue weighted by Gasteiger charge is -2.30. The molecule has 8 nitrogen and oxygen atoms in total. The first-order chi connectivity index (χ1) is 15.8. The van der Waals surface area contributed by atoms with E-state index in [9.17, 15) is 9.59 Å². The first kappa shape index (κ1) is 24.5. The Morgan fingerprint density at radius 2 is 1.88 bits per heavy atom. The minimum atomic E-state index is -0.263. The molecule has 0 spiro atoms. The fourth-order valence-corrected chi connectivity index (χ4v) is 3.68. The van der Waals surface area contributed by atoms with Gasteiger partial charge in [-0.15, -0.1) is 0 Å². The van der Waals surface area contributed by atoms with Crippen LogP contribution >= 0.6 is 0 Å². The Morgan fingerprint density at radius 3 is 2.55 bits per heavy atom. The van der Waals surface area contributed by atoms with E-state index in [0.29, 0.717) is 41.5 Å². The third kappa shape index (κ3) is 6.24. The number of anilines is 1. The van der Waals surface area contributed by atoms with Crippen molar-refractivity contribution in [3.63, 3.8) is 0 Å². The highest BCUT2D eigenvalue weighted by molar-refractivity contribution is 6.05. The Hall–Kier alpha value is -3.10. The number of carbonyl (C=O) groups excluding carboxylic acids is 2. The molecule has 1 heterocycles. The molecule has 8 heteroatoms. The highest BCUT2D eigenvalue weighted by atomic mass is 16.5. The number of ether oxygens (including phenoxy) is 3. The number of fused-ring (bicyclic) bond motifs is 1. The lowest BCUT2D eigenvalue weighted by molar-refractivity contribution is 0.0281. The molecule has 1 aliphatic rings. The number of nitrogens with one attached hydrogen (secondary N) is 2. The van der Waals surface area contributed by atoms with Gasteiger partial charge in [0.05, 0.1) is 18.8 Å². The number of likely N-dealkylation sites (N-methyl/N-ethyl adjacent to an activating group) is 1. The van der Waals surface area contributed by atoms with Crippen LogP contribution in [0.5, 0.6) is 11.5 Å². The molecule has 0 unspecified atom stereocenters. The van der Waals surface area contributed by atoms with E-state index in [4.69, 9.17) is 14.2 Å². The van der Waals surface area contributed by atoms with Crippen molar-refractivity contribution in [1.29, 1.82) is 0 Å². The maximum atomic E-state index is 13.2. The predicted molar refractivity (Wildman–Crippen MR) is 127 cm³/mol. The van der Waals surface area contributed by atoms with Gasteiger partial charge in [-0.25, -0.2) is 0 Å². The third-order valence-corrected chi connectivity index (χ3v) is 5.84. The Morgan fingerprint density at radius 1 is 1.15 bits per heavy atom. The largest absolute Gasteiger partial charge is 0.497 e. The molecule has 178 valence electrons. The molecule has 2 aromatic rings. The van der Waals surface area contributed by atoms with E-state index >= 15 is 0 Å². The molecule has 2 N–H and O–H groups in total. The topological polar surface area (TPSA) is 89.1 Å². The Kier molecular flexibility index (Phi) is 8.30. The minimum absolute atomic E-state index is 0.0719. The summed E-state index contributed by atoms with van der Waals surface area (Å²) in [5.41, 5.74) is 1.48. The summed E-state index contributed by atoms with van der Waals surface area (Å²) >= 11 is 0. The lowest BCUT2D eigenvalue weighted by Crippen LogP contribution is -2.44. The van der Waals surface area contributed by atoms with Crippen LogP contribution in [0.2, 0.25) is 0 Å². The smallest absolute Gasteiger partial charge is 0.257 e. The number of hydrogen-bond donors (Lipinski definition) is 2. The molecule has 0 aromatic heterocycles. The van der Waals surface area contributed by atoms with E-state index in [1.54, 1.807) is 68.6 Å². The average molecular weight is 456 g/mol. The van der Waals surface area contributed by atoms with Crippen LogP contribution in [0.25, 0.3) is 0 Å². The van der Waals surface area contributed by atoms with E-state index in [1.165, 1.54) is 0 Å². The number of carbonyl (C=O) groups is 2. The summed E-state index contributed by atoms with van der Waals surface area (Å²) < 4.78 is 16.8. The highest BCUT2D eigenvalue weighted by Crippen LogP contribution is 2.26. The number of methoxy groups -OCH3 is 2. The van der Waals surface area contributed by atoms with Gasteiger partial charge in [-0.05, 0) is 49.2 Å². The van der Waals surface area contributed by atoms with Crippen molar-refractivity contribution in [3.05, 3.63) is 53.6 Å². The van der Waals surface area contributed by atoms with Crippen molar-refractivity contribution in [2.45, 2.75) is 26.0 Å². The van der Waals surface area contributed by atoms with Gasteiger partial charge < -0.3 is 29.7 Å².